The Balaban J connectivity index is 1.16. The zero-order valence-electron chi connectivity index (χ0n) is 27.7. The van der Waals surface area contributed by atoms with Gasteiger partial charge in [-0.2, -0.15) is 0 Å². The van der Waals surface area contributed by atoms with Crippen molar-refractivity contribution >= 4 is 23.3 Å². The summed E-state index contributed by atoms with van der Waals surface area (Å²) in [6.07, 6.45) is 5.60. The first-order chi connectivity index (χ1) is 24.0. The second-order valence-corrected chi connectivity index (χ2v) is 11.7. The third-order valence-electron chi connectivity index (χ3n) is 8.15. The van der Waals surface area contributed by atoms with Crippen molar-refractivity contribution in [3.05, 3.63) is 162 Å². The van der Waals surface area contributed by atoms with Gasteiger partial charge in [-0.1, -0.05) is 91.0 Å². The molecule has 1 heterocycles. The number of nitrogens with zero attached hydrogens (tertiary/aromatic N) is 2. The van der Waals surface area contributed by atoms with E-state index in [0.29, 0.717) is 67.9 Å². The van der Waals surface area contributed by atoms with Crippen molar-refractivity contribution in [1.82, 2.24) is 9.88 Å². The van der Waals surface area contributed by atoms with Gasteiger partial charge in [-0.25, -0.2) is 4.79 Å². The highest BCUT2D eigenvalue weighted by molar-refractivity contribution is 6.12. The average Bonchev–Trinajstić information content (AvgIpc) is 3.16. The number of anilines is 1. The molecule has 5 rings (SSSR count). The summed E-state index contributed by atoms with van der Waals surface area (Å²) in [6.45, 7) is 1.56. The Morgan fingerprint density at radius 3 is 2.18 bits per heavy atom. The minimum Gasteiger partial charge on any atom is -0.494 e. The normalized spacial score (nSPS) is 11.3. The average molecular weight is 656 g/mol. The van der Waals surface area contributed by atoms with Crippen LogP contribution in [0, 0.1) is 0 Å². The van der Waals surface area contributed by atoms with E-state index in [1.54, 1.807) is 42.7 Å². The van der Waals surface area contributed by atoms with Crippen LogP contribution < -0.4 is 10.1 Å². The van der Waals surface area contributed by atoms with E-state index in [1.165, 1.54) is 7.11 Å². The second kappa shape index (κ2) is 18.0. The van der Waals surface area contributed by atoms with Crippen LogP contribution in [-0.4, -0.2) is 53.8 Å². The summed E-state index contributed by atoms with van der Waals surface area (Å²) in [7, 11) is 1.35. The van der Waals surface area contributed by atoms with Gasteiger partial charge in [0.05, 0.1) is 13.7 Å². The van der Waals surface area contributed by atoms with Gasteiger partial charge in [0.15, 0.2) is 5.78 Å². The van der Waals surface area contributed by atoms with E-state index in [1.807, 2.05) is 95.9 Å². The summed E-state index contributed by atoms with van der Waals surface area (Å²) in [5, 5.41) is 3.25. The molecule has 250 valence electrons. The number of nitrogens with one attached hydrogen (secondary N) is 1. The van der Waals surface area contributed by atoms with Crippen molar-refractivity contribution in [3.8, 4) is 5.75 Å². The maximum absolute atomic E-state index is 13.2. The lowest BCUT2D eigenvalue weighted by atomic mass is 10.00. The lowest BCUT2D eigenvalue weighted by Gasteiger charge is -2.23. The van der Waals surface area contributed by atoms with E-state index in [-0.39, 0.29) is 11.7 Å². The number of esters is 1. The molecule has 4 aromatic carbocycles. The van der Waals surface area contributed by atoms with Crippen LogP contribution in [0.4, 0.5) is 5.69 Å². The molecule has 0 fully saturated rings. The van der Waals surface area contributed by atoms with E-state index < -0.39 is 12.0 Å². The molecule has 0 aliphatic carbocycles. The molecule has 0 aliphatic rings. The van der Waals surface area contributed by atoms with Crippen LogP contribution in [0.5, 0.6) is 5.75 Å². The molecule has 5 aromatic rings. The molecule has 1 amide bonds. The number of aromatic nitrogens is 1. The van der Waals surface area contributed by atoms with Gasteiger partial charge >= 0.3 is 5.97 Å². The van der Waals surface area contributed by atoms with Crippen molar-refractivity contribution in [2.45, 2.75) is 38.3 Å². The van der Waals surface area contributed by atoms with E-state index in [9.17, 15) is 14.4 Å². The number of hydrogen-bond donors (Lipinski definition) is 1. The molecule has 0 radical (unpaired) electrons. The fourth-order valence-corrected chi connectivity index (χ4v) is 5.53. The number of para-hydroxylation sites is 1. The van der Waals surface area contributed by atoms with E-state index in [4.69, 9.17) is 9.47 Å². The summed E-state index contributed by atoms with van der Waals surface area (Å²) in [6, 6.07) is 36.9. The van der Waals surface area contributed by atoms with Crippen molar-refractivity contribution in [2.75, 3.05) is 25.6 Å². The minimum absolute atomic E-state index is 0.0953. The molecular weight excluding hydrogens is 614 g/mol. The van der Waals surface area contributed by atoms with Gasteiger partial charge in [0.25, 0.3) is 0 Å². The third-order valence-corrected chi connectivity index (χ3v) is 8.15. The van der Waals surface area contributed by atoms with E-state index in [0.717, 1.165) is 16.7 Å². The Morgan fingerprint density at radius 2 is 1.47 bits per heavy atom. The number of ketones is 1. The third kappa shape index (κ3) is 10.4. The highest BCUT2D eigenvalue weighted by Crippen LogP contribution is 2.22. The zero-order valence-corrected chi connectivity index (χ0v) is 27.7. The van der Waals surface area contributed by atoms with Crippen LogP contribution in [0.2, 0.25) is 0 Å². The number of pyridine rings is 1. The summed E-state index contributed by atoms with van der Waals surface area (Å²) >= 11 is 0. The number of rotatable bonds is 17. The lowest BCUT2D eigenvalue weighted by molar-refractivity contribution is -0.141. The van der Waals surface area contributed by atoms with Gasteiger partial charge in [-0.3, -0.25) is 14.6 Å². The second-order valence-electron chi connectivity index (χ2n) is 11.7. The SMILES string of the molecule is COC(=O)C(Cc1ccc(OCCCN(Cc2ccccc2)C(=O)CCc2cccnc2)cc1)Nc1ccccc1C(=O)c1ccccc1. The molecule has 0 saturated heterocycles. The molecule has 1 atom stereocenters. The lowest BCUT2D eigenvalue weighted by Crippen LogP contribution is -2.33. The van der Waals surface area contributed by atoms with Crippen LogP contribution in [0.1, 0.15) is 45.5 Å². The largest absolute Gasteiger partial charge is 0.494 e. The van der Waals surface area contributed by atoms with Crippen LogP contribution >= 0.6 is 0 Å². The number of carbonyl (C=O) groups is 3. The monoisotopic (exact) mass is 655 g/mol. The van der Waals surface area contributed by atoms with Gasteiger partial charge in [0.2, 0.25) is 5.91 Å². The molecule has 0 aliphatic heterocycles. The van der Waals surface area contributed by atoms with E-state index in [2.05, 4.69) is 10.3 Å². The van der Waals surface area contributed by atoms with Crippen LogP contribution in [0.25, 0.3) is 0 Å². The molecule has 8 nitrogen and oxygen atoms in total. The predicted octanol–water partition coefficient (Wildman–Crippen LogP) is 6.94. The number of amides is 1. The Kier molecular flexibility index (Phi) is 12.7. The van der Waals surface area contributed by atoms with Gasteiger partial charge < -0.3 is 19.7 Å². The molecule has 1 N–H and O–H groups in total. The van der Waals surface area contributed by atoms with Gasteiger partial charge in [0.1, 0.15) is 11.8 Å². The first-order valence-corrected chi connectivity index (χ1v) is 16.5. The van der Waals surface area contributed by atoms with Crippen LogP contribution in [0.3, 0.4) is 0 Å². The molecule has 1 aromatic heterocycles. The van der Waals surface area contributed by atoms with Crippen molar-refractivity contribution in [2.24, 2.45) is 0 Å². The van der Waals surface area contributed by atoms with Crippen molar-refractivity contribution < 1.29 is 23.9 Å². The molecule has 0 saturated carbocycles. The Morgan fingerprint density at radius 1 is 0.776 bits per heavy atom. The molecule has 8 heteroatoms. The van der Waals surface area contributed by atoms with Gasteiger partial charge in [-0.15, -0.1) is 0 Å². The Bertz CT molecular complexity index is 1780. The number of hydrogen-bond acceptors (Lipinski definition) is 7. The number of methoxy groups -OCH3 is 1. The Hall–Kier alpha value is -5.76. The van der Waals surface area contributed by atoms with Gasteiger partial charge in [0, 0.05) is 55.1 Å². The smallest absolute Gasteiger partial charge is 0.328 e. The molecule has 1 unspecified atom stereocenters. The van der Waals surface area contributed by atoms with Crippen molar-refractivity contribution in [3.63, 3.8) is 0 Å². The number of carbonyl (C=O) groups excluding carboxylic acids is 3. The highest BCUT2D eigenvalue weighted by atomic mass is 16.5. The van der Waals surface area contributed by atoms with E-state index >= 15 is 0 Å². The maximum atomic E-state index is 13.2. The van der Waals surface area contributed by atoms with Crippen LogP contribution in [0.15, 0.2) is 134 Å². The molecule has 0 bridgehead atoms. The minimum atomic E-state index is -0.715. The summed E-state index contributed by atoms with van der Waals surface area (Å²) in [4.78, 5) is 45.3. The van der Waals surface area contributed by atoms with Crippen LogP contribution in [-0.2, 0) is 33.7 Å². The number of benzene rings is 4. The maximum Gasteiger partial charge on any atom is 0.328 e. The molecule has 0 spiro atoms. The first kappa shape index (κ1) is 34.6. The Labute approximate surface area is 287 Å². The predicted molar refractivity (Wildman–Crippen MR) is 190 cm³/mol. The van der Waals surface area contributed by atoms with Crippen molar-refractivity contribution in [1.29, 1.82) is 0 Å². The number of aryl methyl sites for hydroxylation is 1. The standard InChI is InChI=1S/C41H41N3O5/c1-48-41(47)38(43-37-18-9-8-17-36(37)40(46)34-15-6-3-7-16-34)28-31-19-22-35(23-20-31)49-27-11-26-44(30-33-12-4-2-5-13-33)39(45)24-21-32-14-10-25-42-29-32/h2-10,12-20,22-23,25,29,38,43H,11,21,24,26-28,30H2,1H3. The molecule has 49 heavy (non-hydrogen) atoms. The fourth-order valence-electron chi connectivity index (χ4n) is 5.53. The number of ether oxygens (including phenoxy) is 2. The quantitative estimate of drug-likeness (QED) is 0.0659. The first-order valence-electron chi connectivity index (χ1n) is 16.5. The van der Waals surface area contributed by atoms with Gasteiger partial charge in [-0.05, 0) is 59.9 Å². The summed E-state index contributed by atoms with van der Waals surface area (Å²) in [5.41, 5.74) is 4.62. The fraction of sp³-hybridized carbons (Fsp3) is 0.220. The topological polar surface area (TPSA) is 97.8 Å². The zero-order chi connectivity index (χ0) is 34.3. The summed E-state index contributed by atoms with van der Waals surface area (Å²) < 4.78 is 11.1. The molecular formula is C41H41N3O5. The highest BCUT2D eigenvalue weighted by Gasteiger charge is 2.23. The summed E-state index contributed by atoms with van der Waals surface area (Å²) in [5.74, 6) is 0.226.